The molecule has 130 valence electrons. The van der Waals surface area contributed by atoms with Gasteiger partial charge in [0.15, 0.2) is 11.5 Å². The molecule has 1 aromatic heterocycles. The van der Waals surface area contributed by atoms with Gasteiger partial charge < -0.3 is 9.47 Å². The standard InChI is InChI=1S/C20H21NO2S2/c1-13-7-14(2)9-17(8-13)24-11-16-12-25-20(21-16)15-5-6-18(22-3)19(10-15)23-4/h5-10,12H,11H2,1-4H3. The number of ether oxygens (including phenoxy) is 2. The topological polar surface area (TPSA) is 31.4 Å². The summed E-state index contributed by atoms with van der Waals surface area (Å²) in [6.45, 7) is 4.27. The molecule has 0 bridgehead atoms. The number of thiazole rings is 1. The van der Waals surface area contributed by atoms with Crippen LogP contribution in [-0.4, -0.2) is 19.2 Å². The lowest BCUT2D eigenvalue weighted by Crippen LogP contribution is -1.90. The van der Waals surface area contributed by atoms with Crippen LogP contribution >= 0.6 is 23.1 Å². The van der Waals surface area contributed by atoms with Crippen LogP contribution in [0.25, 0.3) is 10.6 Å². The number of hydrogen-bond acceptors (Lipinski definition) is 5. The summed E-state index contributed by atoms with van der Waals surface area (Å²) in [5.41, 5.74) is 4.74. The summed E-state index contributed by atoms with van der Waals surface area (Å²) in [5.74, 6) is 2.32. The predicted molar refractivity (Wildman–Crippen MR) is 106 cm³/mol. The molecule has 0 fully saturated rings. The van der Waals surface area contributed by atoms with Crippen LogP contribution in [0.15, 0.2) is 46.7 Å². The monoisotopic (exact) mass is 371 g/mol. The third-order valence-electron chi connectivity index (χ3n) is 3.76. The molecule has 5 heteroatoms. The van der Waals surface area contributed by atoms with E-state index in [1.54, 1.807) is 25.6 Å². The SMILES string of the molecule is COc1ccc(-c2nc(CSc3cc(C)cc(C)c3)cs2)cc1OC. The zero-order valence-electron chi connectivity index (χ0n) is 14.8. The van der Waals surface area contributed by atoms with Crippen molar-refractivity contribution in [3.63, 3.8) is 0 Å². The minimum atomic E-state index is 0.723. The van der Waals surface area contributed by atoms with Crippen molar-refractivity contribution in [3.8, 4) is 22.1 Å². The molecule has 0 aliphatic heterocycles. The lowest BCUT2D eigenvalue weighted by Gasteiger charge is -2.08. The first-order valence-electron chi connectivity index (χ1n) is 7.97. The zero-order valence-corrected chi connectivity index (χ0v) is 16.5. The van der Waals surface area contributed by atoms with Crippen LogP contribution in [0.1, 0.15) is 16.8 Å². The number of rotatable bonds is 6. The Morgan fingerprint density at radius 3 is 2.36 bits per heavy atom. The van der Waals surface area contributed by atoms with E-state index in [0.29, 0.717) is 0 Å². The molecular formula is C20H21NO2S2. The highest BCUT2D eigenvalue weighted by Crippen LogP contribution is 2.34. The van der Waals surface area contributed by atoms with Crippen molar-refractivity contribution in [2.45, 2.75) is 24.5 Å². The average Bonchev–Trinajstić information content (AvgIpc) is 3.07. The van der Waals surface area contributed by atoms with Crippen molar-refractivity contribution < 1.29 is 9.47 Å². The lowest BCUT2D eigenvalue weighted by molar-refractivity contribution is 0.355. The number of hydrogen-bond donors (Lipinski definition) is 0. The van der Waals surface area contributed by atoms with E-state index in [0.717, 1.165) is 33.5 Å². The van der Waals surface area contributed by atoms with Gasteiger partial charge in [-0.05, 0) is 55.3 Å². The van der Waals surface area contributed by atoms with E-state index in [2.05, 4.69) is 37.4 Å². The number of aryl methyl sites for hydroxylation is 2. The van der Waals surface area contributed by atoms with Crippen LogP contribution < -0.4 is 9.47 Å². The van der Waals surface area contributed by atoms with Crippen LogP contribution in [0.2, 0.25) is 0 Å². The molecule has 1 heterocycles. The number of benzene rings is 2. The predicted octanol–water partition coefficient (Wildman–Crippen LogP) is 5.74. The maximum absolute atomic E-state index is 5.38. The number of aromatic nitrogens is 1. The fourth-order valence-corrected chi connectivity index (χ4v) is 4.57. The summed E-state index contributed by atoms with van der Waals surface area (Å²) < 4.78 is 10.7. The van der Waals surface area contributed by atoms with Crippen molar-refractivity contribution in [2.24, 2.45) is 0 Å². The lowest BCUT2D eigenvalue weighted by atomic mass is 10.2. The Morgan fingerprint density at radius 1 is 0.960 bits per heavy atom. The van der Waals surface area contributed by atoms with Gasteiger partial charge in [0.2, 0.25) is 0 Å². The smallest absolute Gasteiger partial charge is 0.161 e. The van der Waals surface area contributed by atoms with Gasteiger partial charge in [0.05, 0.1) is 19.9 Å². The van der Waals surface area contributed by atoms with E-state index in [1.165, 1.54) is 16.0 Å². The van der Waals surface area contributed by atoms with Gasteiger partial charge in [-0.2, -0.15) is 0 Å². The van der Waals surface area contributed by atoms with Crippen LogP contribution in [0, 0.1) is 13.8 Å². The normalized spacial score (nSPS) is 10.7. The molecule has 0 aliphatic rings. The molecule has 0 amide bonds. The van der Waals surface area contributed by atoms with Gasteiger partial charge in [0.1, 0.15) is 5.01 Å². The molecule has 0 saturated carbocycles. The Morgan fingerprint density at radius 2 is 1.68 bits per heavy atom. The van der Waals surface area contributed by atoms with E-state index < -0.39 is 0 Å². The highest BCUT2D eigenvalue weighted by Gasteiger charge is 2.10. The number of methoxy groups -OCH3 is 2. The van der Waals surface area contributed by atoms with Crippen LogP contribution in [0.5, 0.6) is 11.5 Å². The Bertz CT molecular complexity index is 854. The van der Waals surface area contributed by atoms with Crippen molar-refractivity contribution >= 4 is 23.1 Å². The molecule has 0 unspecified atom stereocenters. The Labute approximate surface area is 157 Å². The minimum Gasteiger partial charge on any atom is -0.493 e. The third kappa shape index (κ3) is 4.35. The van der Waals surface area contributed by atoms with Crippen LogP contribution in [-0.2, 0) is 5.75 Å². The highest BCUT2D eigenvalue weighted by molar-refractivity contribution is 7.98. The van der Waals surface area contributed by atoms with E-state index in [-0.39, 0.29) is 0 Å². The van der Waals surface area contributed by atoms with Crippen molar-refractivity contribution in [2.75, 3.05) is 14.2 Å². The fourth-order valence-electron chi connectivity index (χ4n) is 2.65. The number of thioether (sulfide) groups is 1. The van der Waals surface area contributed by atoms with Crippen molar-refractivity contribution in [3.05, 3.63) is 58.6 Å². The minimum absolute atomic E-state index is 0.723. The quantitative estimate of drug-likeness (QED) is 0.517. The molecule has 0 N–H and O–H groups in total. The Balaban J connectivity index is 1.74. The van der Waals surface area contributed by atoms with Crippen molar-refractivity contribution in [1.29, 1.82) is 0 Å². The highest BCUT2D eigenvalue weighted by atomic mass is 32.2. The van der Waals surface area contributed by atoms with Gasteiger partial charge in [-0.1, -0.05) is 6.07 Å². The molecule has 0 spiro atoms. The van der Waals surface area contributed by atoms with Gasteiger partial charge in [0, 0.05) is 21.6 Å². The van der Waals surface area contributed by atoms with Gasteiger partial charge >= 0.3 is 0 Å². The first-order valence-corrected chi connectivity index (χ1v) is 9.83. The first-order chi connectivity index (χ1) is 12.1. The van der Waals surface area contributed by atoms with Gasteiger partial charge in [-0.3, -0.25) is 0 Å². The average molecular weight is 372 g/mol. The molecule has 25 heavy (non-hydrogen) atoms. The summed E-state index contributed by atoms with van der Waals surface area (Å²) in [5, 5.41) is 3.12. The Kier molecular flexibility index (Phi) is 5.66. The summed E-state index contributed by atoms with van der Waals surface area (Å²) in [4.78, 5) is 6.06. The van der Waals surface area contributed by atoms with E-state index in [4.69, 9.17) is 14.5 Å². The molecular weight excluding hydrogens is 350 g/mol. The molecule has 2 aromatic carbocycles. The van der Waals surface area contributed by atoms with Crippen LogP contribution in [0.3, 0.4) is 0 Å². The second-order valence-corrected chi connectivity index (χ2v) is 7.73. The van der Waals surface area contributed by atoms with Crippen molar-refractivity contribution in [1.82, 2.24) is 4.98 Å². The molecule has 3 rings (SSSR count). The summed E-state index contributed by atoms with van der Waals surface area (Å²) >= 11 is 3.48. The van der Waals surface area contributed by atoms with Gasteiger partial charge in [0.25, 0.3) is 0 Å². The molecule has 3 nitrogen and oxygen atoms in total. The fraction of sp³-hybridized carbons (Fsp3) is 0.250. The largest absolute Gasteiger partial charge is 0.493 e. The molecule has 0 aliphatic carbocycles. The maximum atomic E-state index is 5.38. The molecule has 0 saturated heterocycles. The van der Waals surface area contributed by atoms with E-state index >= 15 is 0 Å². The summed E-state index contributed by atoms with van der Waals surface area (Å²) in [6, 6.07) is 12.5. The van der Waals surface area contributed by atoms with E-state index in [1.807, 2.05) is 30.0 Å². The van der Waals surface area contributed by atoms with Crippen LogP contribution in [0.4, 0.5) is 0 Å². The molecule has 3 aromatic rings. The van der Waals surface area contributed by atoms with Gasteiger partial charge in [-0.15, -0.1) is 23.1 Å². The summed E-state index contributed by atoms with van der Waals surface area (Å²) in [6.07, 6.45) is 0. The third-order valence-corrected chi connectivity index (χ3v) is 5.71. The van der Waals surface area contributed by atoms with E-state index in [9.17, 15) is 0 Å². The van der Waals surface area contributed by atoms with Gasteiger partial charge in [-0.25, -0.2) is 4.98 Å². The molecule has 0 radical (unpaired) electrons. The molecule has 0 atom stereocenters. The maximum Gasteiger partial charge on any atom is 0.161 e. The Hall–Kier alpha value is -1.98. The second kappa shape index (κ2) is 7.93. The zero-order chi connectivity index (χ0) is 17.8. The second-order valence-electron chi connectivity index (χ2n) is 5.83. The summed E-state index contributed by atoms with van der Waals surface area (Å²) in [7, 11) is 3.29. The first kappa shape index (κ1) is 17.8. The number of nitrogens with zero attached hydrogens (tertiary/aromatic N) is 1.